The van der Waals surface area contributed by atoms with E-state index < -0.39 is 0 Å². The zero-order chi connectivity index (χ0) is 13.1. The Morgan fingerprint density at radius 1 is 1.61 bits per heavy atom. The monoisotopic (exact) mass is 268 g/mol. The molecule has 1 fully saturated rings. The molecule has 0 radical (unpaired) electrons. The fourth-order valence-electron chi connectivity index (χ4n) is 1.97. The highest BCUT2D eigenvalue weighted by Crippen LogP contribution is 2.32. The predicted molar refractivity (Wildman–Crippen MR) is 71.0 cm³/mol. The van der Waals surface area contributed by atoms with E-state index in [1.807, 2.05) is 0 Å². The lowest BCUT2D eigenvalue weighted by Crippen LogP contribution is -2.41. The van der Waals surface area contributed by atoms with Crippen molar-refractivity contribution in [2.75, 3.05) is 13.7 Å². The summed E-state index contributed by atoms with van der Waals surface area (Å²) in [5.41, 5.74) is 6.15. The third-order valence-electron chi connectivity index (χ3n) is 3.17. The quantitative estimate of drug-likeness (QED) is 0.856. The molecule has 0 aliphatic heterocycles. The highest BCUT2D eigenvalue weighted by molar-refractivity contribution is 6.30. The first-order chi connectivity index (χ1) is 8.65. The van der Waals surface area contributed by atoms with E-state index in [1.165, 1.54) is 7.11 Å². The van der Waals surface area contributed by atoms with Gasteiger partial charge >= 0.3 is 0 Å². The van der Waals surface area contributed by atoms with Gasteiger partial charge in [0.2, 0.25) is 0 Å². The third-order valence-corrected chi connectivity index (χ3v) is 3.40. The molecule has 4 nitrogen and oxygen atoms in total. The maximum atomic E-state index is 12.1. The van der Waals surface area contributed by atoms with Crippen molar-refractivity contribution in [3.8, 4) is 5.75 Å². The van der Waals surface area contributed by atoms with Crippen molar-refractivity contribution in [1.29, 1.82) is 0 Å². The number of carbonyl (C=O) groups is 1. The highest BCUT2D eigenvalue weighted by atomic mass is 35.5. The lowest BCUT2D eigenvalue weighted by atomic mass is 10.1. The number of hydrogen-bond donors (Lipinski definition) is 2. The van der Waals surface area contributed by atoms with E-state index in [4.69, 9.17) is 22.1 Å². The number of amides is 1. The van der Waals surface area contributed by atoms with Crippen LogP contribution in [0.4, 0.5) is 0 Å². The minimum atomic E-state index is -0.161. The summed E-state index contributed by atoms with van der Waals surface area (Å²) in [6.45, 7) is 0.465. The van der Waals surface area contributed by atoms with E-state index in [1.54, 1.807) is 18.2 Å². The zero-order valence-corrected chi connectivity index (χ0v) is 11.0. The van der Waals surface area contributed by atoms with Crippen LogP contribution in [0.3, 0.4) is 0 Å². The average Bonchev–Trinajstić information content (AvgIpc) is 3.19. The van der Waals surface area contributed by atoms with Crippen LogP contribution >= 0.6 is 11.6 Å². The molecule has 2 rings (SSSR count). The van der Waals surface area contributed by atoms with E-state index in [9.17, 15) is 4.79 Å². The number of ether oxygens (including phenoxy) is 1. The maximum Gasteiger partial charge on any atom is 0.255 e. The molecule has 0 bridgehead atoms. The van der Waals surface area contributed by atoms with Gasteiger partial charge in [0.1, 0.15) is 5.75 Å². The smallest absolute Gasteiger partial charge is 0.255 e. The number of methoxy groups -OCH3 is 1. The van der Waals surface area contributed by atoms with Crippen LogP contribution in [-0.2, 0) is 0 Å². The van der Waals surface area contributed by atoms with E-state index in [0.29, 0.717) is 28.8 Å². The molecule has 0 heterocycles. The molecular formula is C13H17ClN2O2. The first-order valence-corrected chi connectivity index (χ1v) is 6.38. The maximum absolute atomic E-state index is 12.1. The number of benzene rings is 1. The van der Waals surface area contributed by atoms with Crippen molar-refractivity contribution >= 4 is 17.5 Å². The van der Waals surface area contributed by atoms with Gasteiger partial charge in [-0.25, -0.2) is 0 Å². The summed E-state index contributed by atoms with van der Waals surface area (Å²) in [7, 11) is 1.52. The van der Waals surface area contributed by atoms with Gasteiger partial charge in [-0.3, -0.25) is 4.79 Å². The summed E-state index contributed by atoms with van der Waals surface area (Å²) in [6, 6.07) is 5.02. The Labute approximate surface area is 111 Å². The van der Waals surface area contributed by atoms with Crippen LogP contribution in [0.15, 0.2) is 18.2 Å². The second kappa shape index (κ2) is 5.59. The van der Waals surface area contributed by atoms with Crippen LogP contribution in [0, 0.1) is 5.92 Å². The van der Waals surface area contributed by atoms with Crippen LogP contribution < -0.4 is 15.8 Å². The van der Waals surface area contributed by atoms with Crippen molar-refractivity contribution in [2.45, 2.75) is 18.9 Å². The Bertz CT molecular complexity index is 447. The molecular weight excluding hydrogens is 252 g/mol. The van der Waals surface area contributed by atoms with Crippen LogP contribution in [0.25, 0.3) is 0 Å². The van der Waals surface area contributed by atoms with Crippen LogP contribution in [-0.4, -0.2) is 25.6 Å². The Morgan fingerprint density at radius 3 is 2.89 bits per heavy atom. The standard InChI is InChI=1S/C13H17ClN2O2/c1-18-12-6-9(14)4-5-10(12)13(17)16-11(7-15)8-2-3-8/h4-6,8,11H,2-3,7,15H2,1H3,(H,16,17). The van der Waals surface area contributed by atoms with Crippen molar-refractivity contribution in [3.63, 3.8) is 0 Å². The molecule has 0 saturated heterocycles. The second-order valence-corrected chi connectivity index (χ2v) is 4.93. The fraction of sp³-hybridized carbons (Fsp3) is 0.462. The lowest BCUT2D eigenvalue weighted by Gasteiger charge is -2.17. The second-order valence-electron chi connectivity index (χ2n) is 4.50. The minimum absolute atomic E-state index is 0.0536. The predicted octanol–water partition coefficient (Wildman–Crippen LogP) is 1.82. The lowest BCUT2D eigenvalue weighted by molar-refractivity contribution is 0.0930. The van der Waals surface area contributed by atoms with Gasteiger partial charge in [-0.1, -0.05) is 11.6 Å². The SMILES string of the molecule is COc1cc(Cl)ccc1C(=O)NC(CN)C1CC1. The molecule has 98 valence electrons. The van der Waals surface area contributed by atoms with Gasteiger partial charge in [0.15, 0.2) is 0 Å². The van der Waals surface area contributed by atoms with E-state index in [2.05, 4.69) is 5.32 Å². The summed E-state index contributed by atoms with van der Waals surface area (Å²) in [5.74, 6) is 0.842. The summed E-state index contributed by atoms with van der Waals surface area (Å²) >= 11 is 5.86. The van der Waals surface area contributed by atoms with E-state index in [-0.39, 0.29) is 11.9 Å². The Balaban J connectivity index is 2.12. The Kier molecular flexibility index (Phi) is 4.09. The molecule has 1 unspecified atom stereocenters. The molecule has 1 saturated carbocycles. The average molecular weight is 269 g/mol. The van der Waals surface area contributed by atoms with Gasteiger partial charge in [0, 0.05) is 17.6 Å². The third kappa shape index (κ3) is 2.94. The summed E-state index contributed by atoms with van der Waals surface area (Å²) in [5, 5.41) is 3.49. The van der Waals surface area contributed by atoms with Crippen LogP contribution in [0.2, 0.25) is 5.02 Å². The van der Waals surface area contributed by atoms with E-state index in [0.717, 1.165) is 12.8 Å². The molecule has 1 aromatic carbocycles. The van der Waals surface area contributed by atoms with Gasteiger partial charge in [-0.15, -0.1) is 0 Å². The van der Waals surface area contributed by atoms with Crippen LogP contribution in [0.5, 0.6) is 5.75 Å². The molecule has 1 aliphatic rings. The van der Waals surface area contributed by atoms with Crippen molar-refractivity contribution in [3.05, 3.63) is 28.8 Å². The van der Waals surface area contributed by atoms with Crippen molar-refractivity contribution < 1.29 is 9.53 Å². The topological polar surface area (TPSA) is 64.3 Å². The minimum Gasteiger partial charge on any atom is -0.496 e. The molecule has 0 aromatic heterocycles. The van der Waals surface area contributed by atoms with Gasteiger partial charge in [0.25, 0.3) is 5.91 Å². The Morgan fingerprint density at radius 2 is 2.33 bits per heavy atom. The van der Waals surface area contributed by atoms with Crippen LogP contribution in [0.1, 0.15) is 23.2 Å². The normalized spacial score (nSPS) is 16.2. The van der Waals surface area contributed by atoms with Crippen molar-refractivity contribution in [2.24, 2.45) is 11.7 Å². The molecule has 5 heteroatoms. The highest BCUT2D eigenvalue weighted by Gasteiger charge is 2.31. The van der Waals surface area contributed by atoms with Crippen molar-refractivity contribution in [1.82, 2.24) is 5.32 Å². The molecule has 1 aromatic rings. The number of carbonyl (C=O) groups excluding carboxylic acids is 1. The van der Waals surface area contributed by atoms with Gasteiger partial charge in [-0.2, -0.15) is 0 Å². The first kappa shape index (κ1) is 13.2. The zero-order valence-electron chi connectivity index (χ0n) is 10.3. The molecule has 1 aliphatic carbocycles. The molecule has 1 atom stereocenters. The number of rotatable bonds is 5. The molecule has 1 amide bonds. The Hall–Kier alpha value is -1.26. The van der Waals surface area contributed by atoms with E-state index >= 15 is 0 Å². The van der Waals surface area contributed by atoms with Gasteiger partial charge in [0.05, 0.1) is 12.7 Å². The number of nitrogens with one attached hydrogen (secondary N) is 1. The summed E-state index contributed by atoms with van der Waals surface area (Å²) < 4.78 is 5.16. The van der Waals surface area contributed by atoms with Gasteiger partial charge in [-0.05, 0) is 37.0 Å². The molecule has 3 N–H and O–H groups in total. The number of nitrogens with two attached hydrogens (primary N) is 1. The summed E-state index contributed by atoms with van der Waals surface area (Å²) in [6.07, 6.45) is 2.28. The largest absolute Gasteiger partial charge is 0.496 e. The van der Waals surface area contributed by atoms with Gasteiger partial charge < -0.3 is 15.8 Å². The fourth-order valence-corrected chi connectivity index (χ4v) is 2.13. The molecule has 18 heavy (non-hydrogen) atoms. The number of hydrogen-bond acceptors (Lipinski definition) is 3. The number of halogens is 1. The summed E-state index contributed by atoms with van der Waals surface area (Å²) in [4.78, 5) is 12.1. The molecule has 0 spiro atoms. The first-order valence-electron chi connectivity index (χ1n) is 6.00.